The molecule has 0 aliphatic rings. The molecule has 0 aliphatic carbocycles. The van der Waals surface area contributed by atoms with Gasteiger partial charge in [-0.3, -0.25) is 0 Å². The highest BCUT2D eigenvalue weighted by molar-refractivity contribution is 14.2. The van der Waals surface area contributed by atoms with E-state index in [9.17, 15) is 0 Å². The molecule has 0 nitrogen and oxygen atoms in total. The van der Waals surface area contributed by atoms with Crippen molar-refractivity contribution in [2.45, 2.75) is 5.75 Å². The first-order chi connectivity index (χ1) is 5.93. The minimum absolute atomic E-state index is 0.977. The molecule has 0 saturated carbocycles. The molecule has 0 heterocycles. The Kier molecular flexibility index (Phi) is 5.74. The van der Waals surface area contributed by atoms with E-state index in [0.29, 0.717) is 0 Å². The van der Waals surface area contributed by atoms with E-state index in [1.165, 1.54) is 14.5 Å². The van der Waals surface area contributed by atoms with Crippen LogP contribution in [0.4, 0.5) is 0 Å². The van der Waals surface area contributed by atoms with Crippen molar-refractivity contribution in [3.05, 3.63) is 35.9 Å². The lowest BCUT2D eigenvalue weighted by atomic mass is 10.2. The molecule has 12 heavy (non-hydrogen) atoms. The topological polar surface area (TPSA) is 0 Å². The molecule has 62 valence electrons. The van der Waals surface area contributed by atoms with Crippen LogP contribution in [0.5, 0.6) is 0 Å². The van der Waals surface area contributed by atoms with E-state index in [-0.39, 0.29) is 0 Å². The average Bonchev–Trinajstić information content (AvgIpc) is 2.14. The van der Waals surface area contributed by atoms with Gasteiger partial charge in [0, 0.05) is 27.0 Å². The number of rotatable bonds is 2. The van der Waals surface area contributed by atoms with Crippen molar-refractivity contribution < 1.29 is 0 Å². The third-order valence-electron chi connectivity index (χ3n) is 1.23. The summed E-state index contributed by atoms with van der Waals surface area (Å²) in [6.45, 7) is 0. The maximum Gasteiger partial charge on any atom is 0.0308 e. The molecule has 0 unspecified atom stereocenters. The van der Waals surface area contributed by atoms with E-state index in [4.69, 9.17) is 0 Å². The summed E-state index contributed by atoms with van der Waals surface area (Å²) in [5.41, 5.74) is 1.33. The number of thioether (sulfide) groups is 1. The van der Waals surface area contributed by atoms with Crippen LogP contribution in [0.1, 0.15) is 5.56 Å². The fourth-order valence-corrected chi connectivity index (χ4v) is 2.34. The molecule has 0 radical (unpaired) electrons. The Morgan fingerprint density at radius 1 is 1.17 bits per heavy atom. The first-order valence-corrected chi connectivity index (χ1v) is 7.71. The van der Waals surface area contributed by atoms with Crippen molar-refractivity contribution >= 4 is 41.9 Å². The molecule has 0 fully saturated rings. The third-order valence-corrected chi connectivity index (χ3v) is 2.93. The maximum absolute atomic E-state index is 3.01. The molecular formula is C9H7IS2. The van der Waals surface area contributed by atoms with Crippen LogP contribution >= 0.6 is 41.9 Å². The Labute approximate surface area is 93.5 Å². The van der Waals surface area contributed by atoms with Crippen LogP contribution in [-0.4, -0.2) is 0 Å². The number of hydrogen-bond acceptors (Lipinski definition) is 2. The van der Waals surface area contributed by atoms with E-state index in [0.717, 1.165) is 5.75 Å². The van der Waals surface area contributed by atoms with Crippen molar-refractivity contribution in [3.63, 3.8) is 0 Å². The fourth-order valence-electron chi connectivity index (χ4n) is 0.739. The molecule has 0 amide bonds. The Balaban J connectivity index is 2.34. The lowest BCUT2D eigenvalue weighted by Crippen LogP contribution is -1.75. The van der Waals surface area contributed by atoms with Crippen molar-refractivity contribution in [2.24, 2.45) is 0 Å². The molecule has 0 saturated heterocycles. The third kappa shape index (κ3) is 4.29. The summed E-state index contributed by atoms with van der Waals surface area (Å²) in [6.07, 6.45) is 0. The molecule has 0 aliphatic heterocycles. The van der Waals surface area contributed by atoms with Gasteiger partial charge in [-0.05, 0) is 25.0 Å². The molecule has 0 bridgehead atoms. The van der Waals surface area contributed by atoms with Gasteiger partial charge >= 0.3 is 0 Å². The van der Waals surface area contributed by atoms with E-state index < -0.39 is 0 Å². The van der Waals surface area contributed by atoms with E-state index in [2.05, 4.69) is 56.0 Å². The second-order valence-electron chi connectivity index (χ2n) is 2.06. The van der Waals surface area contributed by atoms with Gasteiger partial charge in [-0.15, -0.1) is 0 Å². The second-order valence-corrected chi connectivity index (χ2v) is 4.52. The van der Waals surface area contributed by atoms with Gasteiger partial charge in [-0.2, -0.15) is 0 Å². The first-order valence-electron chi connectivity index (χ1n) is 3.37. The summed E-state index contributed by atoms with van der Waals surface area (Å²) >= 11 is 3.82. The fraction of sp³-hybridized carbons (Fsp3) is 0.111. The number of benzene rings is 1. The van der Waals surface area contributed by atoms with Gasteiger partial charge < -0.3 is 0 Å². The maximum atomic E-state index is 3.01. The van der Waals surface area contributed by atoms with Crippen LogP contribution < -0.4 is 0 Å². The predicted molar refractivity (Wildman–Crippen MR) is 67.1 cm³/mol. The lowest BCUT2D eigenvalue weighted by molar-refractivity contribution is 1.42. The zero-order valence-electron chi connectivity index (χ0n) is 6.29. The molecule has 3 heteroatoms. The Hall–Kier alpha value is 0.210. The summed E-state index contributed by atoms with van der Waals surface area (Å²) in [5.74, 6) is 0.977. The smallest absolute Gasteiger partial charge is 0.0308 e. The van der Waals surface area contributed by atoms with Gasteiger partial charge in [-0.1, -0.05) is 42.1 Å². The largest absolute Gasteiger partial charge is 0.0693 e. The van der Waals surface area contributed by atoms with Crippen molar-refractivity contribution in [3.8, 4) is 10.5 Å². The normalized spacial score (nSPS) is 8.75. The number of halogens is 1. The molecule has 0 N–H and O–H groups in total. The van der Waals surface area contributed by atoms with E-state index in [1.54, 1.807) is 11.8 Å². The van der Waals surface area contributed by atoms with Crippen molar-refractivity contribution in [1.29, 1.82) is 0 Å². The monoisotopic (exact) mass is 306 g/mol. The van der Waals surface area contributed by atoms with Gasteiger partial charge in [-0.25, -0.2) is 0 Å². The van der Waals surface area contributed by atoms with Crippen LogP contribution in [0.2, 0.25) is 0 Å². The highest BCUT2D eigenvalue weighted by Gasteiger charge is 1.87. The molecule has 1 rings (SSSR count). The minimum Gasteiger partial charge on any atom is -0.0693 e. The average molecular weight is 306 g/mol. The Morgan fingerprint density at radius 2 is 1.92 bits per heavy atom. The van der Waals surface area contributed by atoms with Gasteiger partial charge in [0.1, 0.15) is 0 Å². The quantitative estimate of drug-likeness (QED) is 0.600. The molecule has 1 aromatic carbocycles. The van der Waals surface area contributed by atoms with Crippen LogP contribution in [0.15, 0.2) is 30.3 Å². The summed E-state index contributed by atoms with van der Waals surface area (Å²) in [6, 6.07) is 10.4. The molecule has 1 aromatic rings. The van der Waals surface area contributed by atoms with Gasteiger partial charge in [0.25, 0.3) is 0 Å². The van der Waals surface area contributed by atoms with Gasteiger partial charge in [0.15, 0.2) is 0 Å². The lowest BCUT2D eigenvalue weighted by Gasteiger charge is -1.93. The second kappa shape index (κ2) is 6.70. The van der Waals surface area contributed by atoms with Crippen LogP contribution in [0.25, 0.3) is 0 Å². The minimum atomic E-state index is 0.977. The van der Waals surface area contributed by atoms with Crippen LogP contribution in [0, 0.1) is 10.5 Å². The Morgan fingerprint density at radius 3 is 2.58 bits per heavy atom. The molecular weight excluding hydrogens is 299 g/mol. The summed E-state index contributed by atoms with van der Waals surface area (Å²) in [7, 11) is 1.52. The Bertz CT molecular complexity index is 274. The zero-order chi connectivity index (χ0) is 8.65. The summed E-state index contributed by atoms with van der Waals surface area (Å²) in [5, 5.41) is 5.94. The van der Waals surface area contributed by atoms with Crippen molar-refractivity contribution in [2.75, 3.05) is 0 Å². The first kappa shape index (κ1) is 10.3. The zero-order valence-corrected chi connectivity index (χ0v) is 10.1. The van der Waals surface area contributed by atoms with Crippen LogP contribution in [-0.2, 0) is 5.75 Å². The van der Waals surface area contributed by atoms with Gasteiger partial charge in [0.05, 0.1) is 0 Å². The standard InChI is InChI=1S/C9H7IS2/c10-12-7-6-11-8-9-4-2-1-3-5-9/h1-5H,8H2. The summed E-state index contributed by atoms with van der Waals surface area (Å²) < 4.78 is 0. The summed E-state index contributed by atoms with van der Waals surface area (Å²) in [4.78, 5) is 0. The van der Waals surface area contributed by atoms with E-state index in [1.807, 2.05) is 6.07 Å². The highest BCUT2D eigenvalue weighted by Crippen LogP contribution is 2.12. The highest BCUT2D eigenvalue weighted by atomic mass is 127. The predicted octanol–water partition coefficient (Wildman–Crippen LogP) is 3.92. The molecule has 0 aromatic heterocycles. The molecule has 0 atom stereocenters. The SMILES string of the molecule is ISC#CSCc1ccccc1. The number of hydrogen-bond donors (Lipinski definition) is 0. The van der Waals surface area contributed by atoms with E-state index >= 15 is 0 Å². The van der Waals surface area contributed by atoms with Crippen LogP contribution in [0.3, 0.4) is 0 Å². The van der Waals surface area contributed by atoms with Crippen molar-refractivity contribution in [1.82, 2.24) is 0 Å². The van der Waals surface area contributed by atoms with Gasteiger partial charge in [0.2, 0.25) is 0 Å². The molecule has 0 spiro atoms.